The fourth-order valence-corrected chi connectivity index (χ4v) is 2.76. The zero-order valence-corrected chi connectivity index (χ0v) is 13.7. The van der Waals surface area contributed by atoms with E-state index in [4.69, 9.17) is 4.74 Å². The van der Waals surface area contributed by atoms with Crippen molar-refractivity contribution in [3.8, 4) is 5.75 Å². The van der Waals surface area contributed by atoms with E-state index < -0.39 is 0 Å². The van der Waals surface area contributed by atoms with Gasteiger partial charge >= 0.3 is 0 Å². The number of carbonyl (C=O) groups is 1. The van der Waals surface area contributed by atoms with Crippen LogP contribution < -0.4 is 10.2 Å². The summed E-state index contributed by atoms with van der Waals surface area (Å²) in [5.74, 6) is 0.528. The van der Waals surface area contributed by atoms with Gasteiger partial charge in [0, 0.05) is 5.71 Å². The molecular formula is C18H26N2O2. The van der Waals surface area contributed by atoms with Crippen molar-refractivity contribution in [3.63, 3.8) is 0 Å². The lowest BCUT2D eigenvalue weighted by atomic mass is 9.99. The lowest BCUT2D eigenvalue weighted by molar-refractivity contribution is -0.123. The largest absolute Gasteiger partial charge is 0.484 e. The third-order valence-corrected chi connectivity index (χ3v) is 3.83. The normalized spacial score (nSPS) is 15.6. The second-order valence-corrected chi connectivity index (χ2v) is 6.09. The first kappa shape index (κ1) is 16.5. The summed E-state index contributed by atoms with van der Waals surface area (Å²) in [5, 5.41) is 4.27. The van der Waals surface area contributed by atoms with Crippen molar-refractivity contribution in [1.82, 2.24) is 5.43 Å². The van der Waals surface area contributed by atoms with Gasteiger partial charge in [0.25, 0.3) is 5.91 Å². The van der Waals surface area contributed by atoms with Crippen molar-refractivity contribution >= 4 is 11.6 Å². The molecule has 0 aliphatic heterocycles. The molecule has 1 N–H and O–H groups in total. The Morgan fingerprint density at radius 1 is 1.05 bits per heavy atom. The summed E-state index contributed by atoms with van der Waals surface area (Å²) < 4.78 is 5.53. The van der Waals surface area contributed by atoms with Crippen LogP contribution in [0.4, 0.5) is 0 Å². The highest BCUT2D eigenvalue weighted by Gasteiger charge is 2.07. The van der Waals surface area contributed by atoms with Gasteiger partial charge < -0.3 is 4.74 Å². The molecule has 22 heavy (non-hydrogen) atoms. The number of hydrazone groups is 1. The number of carbonyl (C=O) groups excluding carboxylic acids is 1. The predicted octanol–water partition coefficient (Wildman–Crippen LogP) is 3.90. The fourth-order valence-electron chi connectivity index (χ4n) is 2.76. The molecule has 0 unspecified atom stereocenters. The monoisotopic (exact) mass is 302 g/mol. The molecule has 1 saturated carbocycles. The average molecular weight is 302 g/mol. The Morgan fingerprint density at radius 2 is 1.64 bits per heavy atom. The van der Waals surface area contributed by atoms with E-state index >= 15 is 0 Å². The summed E-state index contributed by atoms with van der Waals surface area (Å²) in [4.78, 5) is 11.8. The van der Waals surface area contributed by atoms with Crippen LogP contribution in [0.15, 0.2) is 23.3 Å². The first-order chi connectivity index (χ1) is 10.6. The summed E-state index contributed by atoms with van der Waals surface area (Å²) in [6.07, 6.45) is 8.20. The fraction of sp³-hybridized carbons (Fsp3) is 0.556. The lowest BCUT2D eigenvalue weighted by Gasteiger charge is -2.11. The van der Waals surface area contributed by atoms with Crippen LogP contribution in [0.3, 0.4) is 0 Å². The molecule has 0 heterocycles. The van der Waals surface area contributed by atoms with Crippen LogP contribution in [-0.4, -0.2) is 18.2 Å². The van der Waals surface area contributed by atoms with Crippen LogP contribution in [0, 0.1) is 13.8 Å². The second kappa shape index (κ2) is 8.57. The Hall–Kier alpha value is -1.84. The molecular weight excluding hydrogens is 276 g/mol. The maximum atomic E-state index is 11.8. The van der Waals surface area contributed by atoms with Crippen molar-refractivity contribution in [2.24, 2.45) is 5.10 Å². The maximum Gasteiger partial charge on any atom is 0.277 e. The standard InChI is InChI=1S/C18H26N2O2/c1-14-10-15(2)12-17(11-14)22-13-18(21)20-19-16-8-6-4-3-5-7-9-16/h10-12H,3-9,13H2,1-2H3,(H,20,21). The SMILES string of the molecule is Cc1cc(C)cc(OCC(=O)NN=C2CCCCCCC2)c1. The van der Waals surface area contributed by atoms with Gasteiger partial charge in [0.15, 0.2) is 6.61 Å². The van der Waals surface area contributed by atoms with Crippen LogP contribution in [0.5, 0.6) is 5.75 Å². The summed E-state index contributed by atoms with van der Waals surface area (Å²) in [5.41, 5.74) is 5.99. The Balaban J connectivity index is 1.79. The van der Waals surface area contributed by atoms with Crippen molar-refractivity contribution in [1.29, 1.82) is 0 Å². The van der Waals surface area contributed by atoms with E-state index in [2.05, 4.69) is 16.6 Å². The number of nitrogens with zero attached hydrogens (tertiary/aromatic N) is 1. The quantitative estimate of drug-likeness (QED) is 0.858. The van der Waals surface area contributed by atoms with Crippen molar-refractivity contribution in [2.45, 2.75) is 58.8 Å². The minimum Gasteiger partial charge on any atom is -0.484 e. The van der Waals surface area contributed by atoms with Gasteiger partial charge in [-0.05, 0) is 62.8 Å². The number of rotatable bonds is 4. The van der Waals surface area contributed by atoms with Gasteiger partial charge in [0.1, 0.15) is 5.75 Å². The highest BCUT2D eigenvalue weighted by molar-refractivity contribution is 5.86. The molecule has 4 heteroatoms. The number of nitrogens with one attached hydrogen (secondary N) is 1. The zero-order chi connectivity index (χ0) is 15.8. The van der Waals surface area contributed by atoms with Gasteiger partial charge in [-0.25, -0.2) is 5.43 Å². The van der Waals surface area contributed by atoms with Crippen molar-refractivity contribution in [3.05, 3.63) is 29.3 Å². The minimum absolute atomic E-state index is 0.000324. The Morgan fingerprint density at radius 3 is 2.27 bits per heavy atom. The summed E-state index contributed by atoms with van der Waals surface area (Å²) >= 11 is 0. The molecule has 0 atom stereocenters. The van der Waals surface area contributed by atoms with E-state index in [1.807, 2.05) is 26.0 Å². The first-order valence-electron chi connectivity index (χ1n) is 8.19. The third kappa shape index (κ3) is 5.88. The summed E-state index contributed by atoms with van der Waals surface area (Å²) in [6.45, 7) is 4.03. The van der Waals surface area contributed by atoms with Gasteiger partial charge in [0.2, 0.25) is 0 Å². The molecule has 1 aliphatic carbocycles. The number of aryl methyl sites for hydroxylation is 2. The topological polar surface area (TPSA) is 50.7 Å². The number of benzene rings is 1. The molecule has 0 aromatic heterocycles. The van der Waals surface area contributed by atoms with Gasteiger partial charge in [-0.2, -0.15) is 5.10 Å². The molecule has 0 saturated heterocycles. The van der Waals surface area contributed by atoms with Crippen LogP contribution in [0.1, 0.15) is 56.1 Å². The molecule has 1 aromatic carbocycles. The van der Waals surface area contributed by atoms with Crippen molar-refractivity contribution < 1.29 is 9.53 Å². The molecule has 1 fully saturated rings. The molecule has 1 amide bonds. The third-order valence-electron chi connectivity index (χ3n) is 3.83. The Kier molecular flexibility index (Phi) is 6.44. The molecule has 4 nitrogen and oxygen atoms in total. The molecule has 0 bridgehead atoms. The average Bonchev–Trinajstić information content (AvgIpc) is 2.43. The molecule has 0 radical (unpaired) electrons. The van der Waals surface area contributed by atoms with E-state index in [-0.39, 0.29) is 12.5 Å². The van der Waals surface area contributed by atoms with Crippen LogP contribution in [-0.2, 0) is 4.79 Å². The molecule has 1 aliphatic rings. The van der Waals surface area contributed by atoms with E-state index in [1.165, 1.54) is 32.1 Å². The van der Waals surface area contributed by atoms with Crippen LogP contribution in [0.25, 0.3) is 0 Å². The Bertz CT molecular complexity index is 508. The molecule has 0 spiro atoms. The van der Waals surface area contributed by atoms with Gasteiger partial charge in [-0.1, -0.05) is 25.3 Å². The van der Waals surface area contributed by atoms with Crippen LogP contribution in [0.2, 0.25) is 0 Å². The van der Waals surface area contributed by atoms with Crippen LogP contribution >= 0.6 is 0 Å². The Labute approximate surface area is 132 Å². The minimum atomic E-state index is -0.200. The number of ether oxygens (including phenoxy) is 1. The zero-order valence-electron chi connectivity index (χ0n) is 13.7. The van der Waals surface area contributed by atoms with Gasteiger partial charge in [-0.3, -0.25) is 4.79 Å². The maximum absolute atomic E-state index is 11.8. The highest BCUT2D eigenvalue weighted by Crippen LogP contribution is 2.16. The number of hydrogen-bond donors (Lipinski definition) is 1. The number of amides is 1. The molecule has 1 aromatic rings. The summed E-state index contributed by atoms with van der Waals surface area (Å²) in [7, 11) is 0. The number of hydrogen-bond acceptors (Lipinski definition) is 3. The smallest absolute Gasteiger partial charge is 0.277 e. The van der Waals surface area contributed by atoms with E-state index in [9.17, 15) is 4.79 Å². The van der Waals surface area contributed by atoms with Gasteiger partial charge in [0.05, 0.1) is 0 Å². The summed E-state index contributed by atoms with van der Waals surface area (Å²) in [6, 6.07) is 5.94. The predicted molar refractivity (Wildman–Crippen MR) is 89.3 cm³/mol. The highest BCUT2D eigenvalue weighted by atomic mass is 16.5. The second-order valence-electron chi connectivity index (χ2n) is 6.09. The van der Waals surface area contributed by atoms with Crippen molar-refractivity contribution in [2.75, 3.05) is 6.61 Å². The van der Waals surface area contributed by atoms with E-state index in [0.717, 1.165) is 35.4 Å². The van der Waals surface area contributed by atoms with Gasteiger partial charge in [-0.15, -0.1) is 0 Å². The molecule has 2 rings (SSSR count). The van der Waals surface area contributed by atoms with E-state index in [0.29, 0.717) is 0 Å². The lowest BCUT2D eigenvalue weighted by Crippen LogP contribution is -2.26. The van der Waals surface area contributed by atoms with E-state index in [1.54, 1.807) is 0 Å². The first-order valence-corrected chi connectivity index (χ1v) is 8.19. The molecule has 120 valence electrons.